The molecule has 1 fully saturated rings. The SMILES string of the molecule is CC1CC(C(=O)NCCCN(C)C)CCC1N. The molecule has 0 saturated heterocycles. The predicted molar refractivity (Wildman–Crippen MR) is 70.7 cm³/mol. The summed E-state index contributed by atoms with van der Waals surface area (Å²) < 4.78 is 0. The Labute approximate surface area is 105 Å². The van der Waals surface area contributed by atoms with Crippen LogP contribution in [0.25, 0.3) is 0 Å². The second-order valence-electron chi connectivity index (χ2n) is 5.60. The van der Waals surface area contributed by atoms with Gasteiger partial charge in [-0.2, -0.15) is 0 Å². The minimum Gasteiger partial charge on any atom is -0.356 e. The first kappa shape index (κ1) is 14.5. The van der Waals surface area contributed by atoms with Crippen molar-refractivity contribution in [2.45, 2.75) is 38.6 Å². The molecule has 0 radical (unpaired) electrons. The number of nitrogens with zero attached hydrogens (tertiary/aromatic N) is 1. The van der Waals surface area contributed by atoms with Crippen molar-refractivity contribution < 1.29 is 4.79 Å². The molecule has 1 aliphatic rings. The van der Waals surface area contributed by atoms with Gasteiger partial charge in [-0.05, 0) is 52.2 Å². The Kier molecular flexibility index (Phi) is 5.92. The van der Waals surface area contributed by atoms with Crippen LogP contribution in [0.15, 0.2) is 0 Å². The maximum atomic E-state index is 11.9. The Balaban J connectivity index is 2.19. The Morgan fingerprint density at radius 1 is 1.41 bits per heavy atom. The highest BCUT2D eigenvalue weighted by atomic mass is 16.1. The highest BCUT2D eigenvalue weighted by molar-refractivity contribution is 5.78. The van der Waals surface area contributed by atoms with Gasteiger partial charge in [0.2, 0.25) is 5.91 Å². The van der Waals surface area contributed by atoms with Gasteiger partial charge in [0.15, 0.2) is 0 Å². The molecule has 100 valence electrons. The number of carbonyl (C=O) groups excluding carboxylic acids is 1. The summed E-state index contributed by atoms with van der Waals surface area (Å²) in [5.74, 6) is 0.882. The summed E-state index contributed by atoms with van der Waals surface area (Å²) in [4.78, 5) is 14.1. The fraction of sp³-hybridized carbons (Fsp3) is 0.923. The minimum absolute atomic E-state index is 0.184. The maximum Gasteiger partial charge on any atom is 0.223 e. The second kappa shape index (κ2) is 6.97. The van der Waals surface area contributed by atoms with Crippen molar-refractivity contribution in [1.82, 2.24) is 10.2 Å². The molecule has 0 heterocycles. The summed E-state index contributed by atoms with van der Waals surface area (Å²) in [7, 11) is 4.10. The van der Waals surface area contributed by atoms with E-state index >= 15 is 0 Å². The van der Waals surface area contributed by atoms with Crippen molar-refractivity contribution in [3.63, 3.8) is 0 Å². The maximum absolute atomic E-state index is 11.9. The molecule has 0 aromatic rings. The minimum atomic E-state index is 0.184. The molecule has 0 spiro atoms. The predicted octanol–water partition coefficient (Wildman–Crippen LogP) is 0.818. The lowest BCUT2D eigenvalue weighted by atomic mass is 9.79. The topological polar surface area (TPSA) is 58.4 Å². The number of rotatable bonds is 5. The average Bonchev–Trinajstić information content (AvgIpc) is 2.27. The molecule has 0 aromatic heterocycles. The number of nitrogens with one attached hydrogen (secondary N) is 1. The highest BCUT2D eigenvalue weighted by Crippen LogP contribution is 2.27. The van der Waals surface area contributed by atoms with Gasteiger partial charge in [-0.3, -0.25) is 4.79 Å². The van der Waals surface area contributed by atoms with E-state index in [1.54, 1.807) is 0 Å². The van der Waals surface area contributed by atoms with E-state index < -0.39 is 0 Å². The van der Waals surface area contributed by atoms with Crippen LogP contribution in [0.3, 0.4) is 0 Å². The van der Waals surface area contributed by atoms with Crippen LogP contribution < -0.4 is 11.1 Å². The van der Waals surface area contributed by atoms with Crippen LogP contribution >= 0.6 is 0 Å². The van der Waals surface area contributed by atoms with E-state index in [9.17, 15) is 4.79 Å². The number of nitrogens with two attached hydrogens (primary N) is 1. The molecular formula is C13H27N3O. The average molecular weight is 241 g/mol. The Morgan fingerprint density at radius 3 is 2.71 bits per heavy atom. The smallest absolute Gasteiger partial charge is 0.223 e. The molecule has 1 amide bonds. The van der Waals surface area contributed by atoms with Crippen LogP contribution in [0.1, 0.15) is 32.6 Å². The van der Waals surface area contributed by atoms with Gasteiger partial charge in [0, 0.05) is 18.5 Å². The quantitative estimate of drug-likeness (QED) is 0.701. The second-order valence-corrected chi connectivity index (χ2v) is 5.60. The molecule has 3 N–H and O–H groups in total. The van der Waals surface area contributed by atoms with Gasteiger partial charge < -0.3 is 16.0 Å². The molecule has 17 heavy (non-hydrogen) atoms. The molecule has 0 bridgehead atoms. The molecule has 1 saturated carbocycles. The third-order valence-electron chi connectivity index (χ3n) is 3.69. The molecule has 4 nitrogen and oxygen atoms in total. The first-order valence-electron chi connectivity index (χ1n) is 6.68. The summed E-state index contributed by atoms with van der Waals surface area (Å²) in [5.41, 5.74) is 5.96. The zero-order valence-electron chi connectivity index (χ0n) is 11.4. The van der Waals surface area contributed by atoms with Gasteiger partial charge in [-0.15, -0.1) is 0 Å². The van der Waals surface area contributed by atoms with Crippen molar-refractivity contribution in [2.75, 3.05) is 27.2 Å². The van der Waals surface area contributed by atoms with Crippen molar-refractivity contribution in [1.29, 1.82) is 0 Å². The summed E-state index contributed by atoms with van der Waals surface area (Å²) in [5, 5.41) is 3.04. The molecule has 1 rings (SSSR count). The first-order valence-corrected chi connectivity index (χ1v) is 6.68. The Morgan fingerprint density at radius 2 is 2.12 bits per heavy atom. The van der Waals surface area contributed by atoms with Gasteiger partial charge in [0.05, 0.1) is 0 Å². The monoisotopic (exact) mass is 241 g/mol. The van der Waals surface area contributed by atoms with Gasteiger partial charge in [-0.25, -0.2) is 0 Å². The Bertz CT molecular complexity index is 243. The molecule has 3 unspecified atom stereocenters. The lowest BCUT2D eigenvalue weighted by Crippen LogP contribution is -2.41. The van der Waals surface area contributed by atoms with Crippen LogP contribution in [0.5, 0.6) is 0 Å². The van der Waals surface area contributed by atoms with Crippen LogP contribution in [0.2, 0.25) is 0 Å². The Hall–Kier alpha value is -0.610. The van der Waals surface area contributed by atoms with Crippen LogP contribution in [0.4, 0.5) is 0 Å². The van der Waals surface area contributed by atoms with Gasteiger partial charge >= 0.3 is 0 Å². The van der Waals surface area contributed by atoms with Crippen LogP contribution in [0, 0.1) is 11.8 Å². The summed E-state index contributed by atoms with van der Waals surface area (Å²) in [6.07, 6.45) is 3.89. The number of amides is 1. The molecular weight excluding hydrogens is 214 g/mol. The molecule has 3 atom stereocenters. The first-order chi connectivity index (χ1) is 8.00. The van der Waals surface area contributed by atoms with Crippen molar-refractivity contribution >= 4 is 5.91 Å². The summed E-state index contributed by atoms with van der Waals surface area (Å²) in [6.45, 7) is 3.95. The number of hydrogen-bond acceptors (Lipinski definition) is 3. The third-order valence-corrected chi connectivity index (χ3v) is 3.69. The summed E-state index contributed by atoms with van der Waals surface area (Å²) in [6, 6.07) is 0.285. The molecule has 1 aliphatic carbocycles. The zero-order chi connectivity index (χ0) is 12.8. The van der Waals surface area contributed by atoms with Crippen molar-refractivity contribution in [3.05, 3.63) is 0 Å². The van der Waals surface area contributed by atoms with E-state index in [0.717, 1.165) is 38.8 Å². The lowest BCUT2D eigenvalue weighted by molar-refractivity contribution is -0.126. The molecule has 0 aliphatic heterocycles. The van der Waals surface area contributed by atoms with Crippen molar-refractivity contribution in [2.24, 2.45) is 17.6 Å². The van der Waals surface area contributed by atoms with E-state index in [1.165, 1.54) is 0 Å². The summed E-state index contributed by atoms with van der Waals surface area (Å²) >= 11 is 0. The van der Waals surface area contributed by atoms with Crippen LogP contribution in [-0.4, -0.2) is 44.0 Å². The van der Waals surface area contributed by atoms with E-state index in [1.807, 2.05) is 14.1 Å². The fourth-order valence-electron chi connectivity index (χ4n) is 2.41. The van der Waals surface area contributed by atoms with E-state index in [0.29, 0.717) is 5.92 Å². The molecule has 4 heteroatoms. The van der Waals surface area contributed by atoms with E-state index in [2.05, 4.69) is 17.1 Å². The fourth-order valence-corrected chi connectivity index (χ4v) is 2.41. The van der Waals surface area contributed by atoms with Crippen molar-refractivity contribution in [3.8, 4) is 0 Å². The van der Waals surface area contributed by atoms with Crippen LogP contribution in [-0.2, 0) is 4.79 Å². The highest BCUT2D eigenvalue weighted by Gasteiger charge is 2.29. The van der Waals surface area contributed by atoms with E-state index in [-0.39, 0.29) is 17.9 Å². The van der Waals surface area contributed by atoms with Gasteiger partial charge in [0.25, 0.3) is 0 Å². The van der Waals surface area contributed by atoms with Gasteiger partial charge in [0.1, 0.15) is 0 Å². The standard InChI is InChI=1S/C13H27N3O/c1-10-9-11(5-6-12(10)14)13(17)15-7-4-8-16(2)3/h10-12H,4-9,14H2,1-3H3,(H,15,17). The normalized spacial score (nSPS) is 29.4. The van der Waals surface area contributed by atoms with E-state index in [4.69, 9.17) is 5.73 Å². The lowest BCUT2D eigenvalue weighted by Gasteiger charge is -2.31. The largest absolute Gasteiger partial charge is 0.356 e. The zero-order valence-corrected chi connectivity index (χ0v) is 11.4. The third kappa shape index (κ3) is 5.04. The molecule has 0 aromatic carbocycles. The number of carbonyl (C=O) groups is 1. The van der Waals surface area contributed by atoms with Gasteiger partial charge in [-0.1, -0.05) is 6.92 Å². The number of hydrogen-bond donors (Lipinski definition) is 2.